The fraction of sp³-hybridized carbons (Fsp3) is 0.500. The van der Waals surface area contributed by atoms with E-state index in [1.807, 2.05) is 0 Å². The molecule has 0 radical (unpaired) electrons. The molecule has 0 spiro atoms. The normalized spacial score (nSPS) is 17.8. The number of aromatic nitrogens is 2. The molecule has 1 aromatic heterocycles. The van der Waals surface area contributed by atoms with E-state index in [9.17, 15) is 0 Å². The van der Waals surface area contributed by atoms with Crippen LogP contribution in [0.3, 0.4) is 0 Å². The summed E-state index contributed by atoms with van der Waals surface area (Å²) in [5.74, 6) is 0. The summed E-state index contributed by atoms with van der Waals surface area (Å²) in [6.07, 6.45) is 6.71. The summed E-state index contributed by atoms with van der Waals surface area (Å²) in [6, 6.07) is 6.90. The first-order valence-electron chi connectivity index (χ1n) is 5.91. The number of hydrogen-bond acceptors (Lipinski definition) is 3. The minimum absolute atomic E-state index is 0.0761. The quantitative estimate of drug-likeness (QED) is 0.859. The van der Waals surface area contributed by atoms with Gasteiger partial charge in [0.15, 0.2) is 0 Å². The molecule has 0 amide bonds. The fourth-order valence-electron chi connectivity index (χ4n) is 2.39. The van der Waals surface area contributed by atoms with Gasteiger partial charge in [0.25, 0.3) is 0 Å². The van der Waals surface area contributed by atoms with Crippen LogP contribution in [0.1, 0.15) is 32.1 Å². The van der Waals surface area contributed by atoms with Crippen molar-refractivity contribution in [3.05, 3.63) is 18.2 Å². The zero-order chi connectivity index (χ0) is 10.8. The Labute approximate surface area is 101 Å². The molecule has 84 valence electrons. The molecule has 1 aliphatic rings. The second kappa shape index (κ2) is 4.56. The Balaban J connectivity index is 1.85. The first-order valence-corrected chi connectivity index (χ1v) is 7.44. The fourth-order valence-corrected chi connectivity index (χ4v) is 3.54. The van der Waals surface area contributed by atoms with Gasteiger partial charge in [-0.25, -0.2) is 0 Å². The maximum atomic E-state index is 4.50. The number of rotatable bonds is 2. The molecule has 1 fully saturated rings. The Bertz CT molecular complexity index is 474. The van der Waals surface area contributed by atoms with Crippen molar-refractivity contribution >= 4 is 31.7 Å². The first-order chi connectivity index (χ1) is 7.93. The molecular formula is C12H15N3Se. The molecule has 1 N–H and O–H groups in total. The minimum atomic E-state index is 0.0761. The molecule has 3 rings (SSSR count). The van der Waals surface area contributed by atoms with Crippen molar-refractivity contribution in [2.45, 2.75) is 38.1 Å². The molecule has 1 saturated carbocycles. The molecule has 2 aromatic rings. The Kier molecular flexibility index (Phi) is 2.94. The molecule has 1 heterocycles. The summed E-state index contributed by atoms with van der Waals surface area (Å²) >= 11 is 0.0761. The van der Waals surface area contributed by atoms with E-state index in [-0.39, 0.29) is 15.0 Å². The Hall–Kier alpha value is -0.861. The van der Waals surface area contributed by atoms with E-state index < -0.39 is 0 Å². The van der Waals surface area contributed by atoms with Gasteiger partial charge in [-0.2, -0.15) is 0 Å². The number of fused-ring (bicyclic) bond motifs is 1. The van der Waals surface area contributed by atoms with Gasteiger partial charge in [0.05, 0.1) is 0 Å². The van der Waals surface area contributed by atoms with Gasteiger partial charge in [0, 0.05) is 0 Å². The van der Waals surface area contributed by atoms with Gasteiger partial charge in [0.2, 0.25) is 0 Å². The molecule has 0 saturated heterocycles. The van der Waals surface area contributed by atoms with Gasteiger partial charge in [-0.05, 0) is 0 Å². The summed E-state index contributed by atoms with van der Waals surface area (Å²) in [7, 11) is 0. The van der Waals surface area contributed by atoms with Crippen molar-refractivity contribution in [1.82, 2.24) is 7.96 Å². The van der Waals surface area contributed by atoms with Crippen molar-refractivity contribution in [2.75, 3.05) is 5.32 Å². The van der Waals surface area contributed by atoms with Crippen LogP contribution in [0.5, 0.6) is 0 Å². The van der Waals surface area contributed by atoms with Gasteiger partial charge < -0.3 is 0 Å². The molecule has 1 aliphatic carbocycles. The third kappa shape index (κ3) is 2.00. The van der Waals surface area contributed by atoms with Crippen LogP contribution in [0.15, 0.2) is 18.2 Å². The average Bonchev–Trinajstić information content (AvgIpc) is 2.80. The summed E-state index contributed by atoms with van der Waals surface area (Å²) in [5, 5.41) is 3.64. The van der Waals surface area contributed by atoms with E-state index in [2.05, 4.69) is 31.5 Å². The number of nitrogens with zero attached hydrogens (tertiary/aromatic N) is 2. The van der Waals surface area contributed by atoms with E-state index in [1.54, 1.807) is 0 Å². The molecule has 16 heavy (non-hydrogen) atoms. The number of benzene rings is 1. The van der Waals surface area contributed by atoms with Gasteiger partial charge >= 0.3 is 101 Å². The van der Waals surface area contributed by atoms with Crippen LogP contribution in [0.2, 0.25) is 0 Å². The van der Waals surface area contributed by atoms with Crippen LogP contribution in [0.4, 0.5) is 5.69 Å². The zero-order valence-corrected chi connectivity index (χ0v) is 10.9. The molecule has 1 aromatic carbocycles. The molecule has 0 bridgehead atoms. The van der Waals surface area contributed by atoms with Crippen molar-refractivity contribution in [2.24, 2.45) is 0 Å². The molecule has 4 heteroatoms. The number of anilines is 1. The summed E-state index contributed by atoms with van der Waals surface area (Å²) in [4.78, 5) is 0. The van der Waals surface area contributed by atoms with Gasteiger partial charge in [-0.1, -0.05) is 0 Å². The average molecular weight is 280 g/mol. The van der Waals surface area contributed by atoms with E-state index in [4.69, 9.17) is 0 Å². The zero-order valence-electron chi connectivity index (χ0n) is 9.15. The van der Waals surface area contributed by atoms with Crippen LogP contribution in [-0.2, 0) is 0 Å². The molecular weight excluding hydrogens is 265 g/mol. The van der Waals surface area contributed by atoms with E-state index in [0.717, 1.165) is 11.0 Å². The Morgan fingerprint density at radius 2 is 2.00 bits per heavy atom. The first kappa shape index (κ1) is 10.3. The standard InChI is InChI=1S/C12H15N3Se/c1-2-5-9(6-3-1)13-10-7-4-8-11-12(10)15-16-14-11/h4,7-9,13H,1-3,5-6H2. The number of hydrogen-bond donors (Lipinski definition) is 1. The van der Waals surface area contributed by atoms with E-state index in [1.165, 1.54) is 37.8 Å². The predicted molar refractivity (Wildman–Crippen MR) is 67.0 cm³/mol. The van der Waals surface area contributed by atoms with Gasteiger partial charge in [0.1, 0.15) is 0 Å². The molecule has 3 nitrogen and oxygen atoms in total. The van der Waals surface area contributed by atoms with E-state index >= 15 is 0 Å². The van der Waals surface area contributed by atoms with Crippen LogP contribution in [0, 0.1) is 0 Å². The van der Waals surface area contributed by atoms with Crippen molar-refractivity contribution in [1.29, 1.82) is 0 Å². The van der Waals surface area contributed by atoms with Crippen molar-refractivity contribution < 1.29 is 0 Å². The second-order valence-electron chi connectivity index (χ2n) is 4.42. The van der Waals surface area contributed by atoms with E-state index in [0.29, 0.717) is 6.04 Å². The maximum absolute atomic E-state index is 4.50. The van der Waals surface area contributed by atoms with Crippen LogP contribution in [0.25, 0.3) is 11.0 Å². The Morgan fingerprint density at radius 1 is 1.12 bits per heavy atom. The SMILES string of the molecule is c1cc(NC2CCCCC2)c2n[se]nc2c1. The molecule has 0 aliphatic heterocycles. The topological polar surface area (TPSA) is 37.8 Å². The molecule has 0 unspecified atom stereocenters. The predicted octanol–water partition coefficient (Wildman–Crippen LogP) is 2.43. The monoisotopic (exact) mass is 281 g/mol. The summed E-state index contributed by atoms with van der Waals surface area (Å²) < 4.78 is 8.91. The number of nitrogens with one attached hydrogen (secondary N) is 1. The summed E-state index contributed by atoms with van der Waals surface area (Å²) in [5.41, 5.74) is 3.35. The third-order valence-electron chi connectivity index (χ3n) is 3.25. The Morgan fingerprint density at radius 3 is 2.88 bits per heavy atom. The van der Waals surface area contributed by atoms with Gasteiger partial charge in [-0.3, -0.25) is 0 Å². The van der Waals surface area contributed by atoms with Crippen LogP contribution < -0.4 is 5.32 Å². The summed E-state index contributed by atoms with van der Waals surface area (Å²) in [6.45, 7) is 0. The van der Waals surface area contributed by atoms with Crippen LogP contribution >= 0.6 is 0 Å². The van der Waals surface area contributed by atoms with Gasteiger partial charge in [-0.15, -0.1) is 0 Å². The second-order valence-corrected chi connectivity index (χ2v) is 5.53. The van der Waals surface area contributed by atoms with Crippen molar-refractivity contribution in [3.63, 3.8) is 0 Å². The van der Waals surface area contributed by atoms with Crippen molar-refractivity contribution in [3.8, 4) is 0 Å². The third-order valence-corrected chi connectivity index (χ3v) is 4.39. The molecule has 0 atom stereocenters. The van der Waals surface area contributed by atoms with Crippen LogP contribution in [-0.4, -0.2) is 29.0 Å².